The molecule has 2 aliphatic heterocycles. The van der Waals surface area contributed by atoms with Crippen LogP contribution in [0.25, 0.3) is 21.9 Å². The molecule has 0 radical (unpaired) electrons. The molecule has 2 aromatic heterocycles. The maximum Gasteiger partial charge on any atom is 0.413 e. The van der Waals surface area contributed by atoms with Gasteiger partial charge in [0.05, 0.1) is 25.0 Å². The van der Waals surface area contributed by atoms with Crippen LogP contribution in [0.15, 0.2) is 24.5 Å². The largest absolute Gasteiger partial charge is 0.474 e. The summed E-state index contributed by atoms with van der Waals surface area (Å²) in [5.74, 6) is 0.0440. The van der Waals surface area contributed by atoms with E-state index in [1.54, 1.807) is 18.3 Å². The number of rotatable bonds is 4. The fourth-order valence-electron chi connectivity index (χ4n) is 4.09. The summed E-state index contributed by atoms with van der Waals surface area (Å²) in [6.07, 6.45) is 2.69. The second-order valence-electron chi connectivity index (χ2n) is 8.43. The van der Waals surface area contributed by atoms with Crippen molar-refractivity contribution in [2.24, 2.45) is 0 Å². The summed E-state index contributed by atoms with van der Waals surface area (Å²) in [5, 5.41) is 6.69. The van der Waals surface area contributed by atoms with E-state index in [4.69, 9.17) is 15.2 Å². The normalized spacial score (nSPS) is 16.1. The van der Waals surface area contributed by atoms with Crippen LogP contribution in [0.5, 0.6) is 5.88 Å². The highest BCUT2D eigenvalue weighted by Gasteiger charge is 2.35. The number of sulfonamides is 1. The van der Waals surface area contributed by atoms with E-state index in [9.17, 15) is 13.2 Å². The summed E-state index contributed by atoms with van der Waals surface area (Å²) < 4.78 is 50.1. The molecule has 3 aromatic rings. The molecule has 35 heavy (non-hydrogen) atoms. The number of halogens is 1. The second-order valence-corrected chi connectivity index (χ2v) is 10.4. The highest BCUT2D eigenvalue weighted by Crippen LogP contribution is 2.39. The summed E-state index contributed by atoms with van der Waals surface area (Å²) in [6, 6.07) is 3.18. The maximum absolute atomic E-state index is 15.3. The van der Waals surface area contributed by atoms with Gasteiger partial charge < -0.3 is 20.5 Å². The third-order valence-corrected chi connectivity index (χ3v) is 7.26. The molecule has 11 nitrogen and oxygen atoms in total. The van der Waals surface area contributed by atoms with Gasteiger partial charge in [-0.1, -0.05) is 0 Å². The fraction of sp³-hybridized carbons (Fsp3) is 0.318. The zero-order valence-electron chi connectivity index (χ0n) is 19.0. The van der Waals surface area contributed by atoms with Gasteiger partial charge in [-0.15, -0.1) is 0 Å². The molecule has 1 fully saturated rings. The van der Waals surface area contributed by atoms with E-state index in [0.29, 0.717) is 41.1 Å². The first-order valence-corrected chi connectivity index (χ1v) is 12.6. The molecule has 4 N–H and O–H groups in total. The van der Waals surface area contributed by atoms with Crippen LogP contribution in [0.4, 0.5) is 26.4 Å². The molecule has 1 saturated heterocycles. The summed E-state index contributed by atoms with van der Waals surface area (Å²) in [6.45, 7) is 3.16. The van der Waals surface area contributed by atoms with Gasteiger partial charge in [0.25, 0.3) is 0 Å². The van der Waals surface area contributed by atoms with Gasteiger partial charge >= 0.3 is 6.09 Å². The number of benzene rings is 1. The number of anilines is 3. The van der Waals surface area contributed by atoms with Crippen molar-refractivity contribution in [1.82, 2.24) is 14.3 Å². The van der Waals surface area contributed by atoms with E-state index in [2.05, 4.69) is 20.6 Å². The molecule has 1 aromatic carbocycles. The maximum atomic E-state index is 15.3. The first kappa shape index (κ1) is 23.1. The predicted octanol–water partition coefficient (Wildman–Crippen LogP) is 2.32. The van der Waals surface area contributed by atoms with Gasteiger partial charge in [0.1, 0.15) is 24.2 Å². The standard InChI is InChI=1S/C22H23FN6O5S/c1-11-15(7-27-21-20(11)25-3-4-33-21)14-5-12-6-17(26-8-16(12)19(24)18(14)23)28-22(30)34-13-9-29(10-13)35(2,31)32/h5-8,13,25H,3-4,9-10,24H2,1-2H3,(H,26,28,30). The quantitative estimate of drug-likeness (QED) is 0.457. The number of carbonyl (C=O) groups is 1. The van der Waals surface area contributed by atoms with Crippen LogP contribution in [-0.2, 0) is 14.8 Å². The van der Waals surface area contributed by atoms with Gasteiger partial charge in [-0.2, -0.15) is 4.31 Å². The molecule has 4 heterocycles. The fourth-order valence-corrected chi connectivity index (χ4v) is 4.96. The average Bonchev–Trinajstić information content (AvgIpc) is 2.78. The molecule has 5 rings (SSSR count). The van der Waals surface area contributed by atoms with Crippen LogP contribution in [0.2, 0.25) is 0 Å². The third kappa shape index (κ3) is 4.28. The topological polar surface area (TPSA) is 149 Å². The molecule has 0 bridgehead atoms. The number of aromatic nitrogens is 2. The van der Waals surface area contributed by atoms with Crippen LogP contribution < -0.4 is 21.1 Å². The molecule has 0 spiro atoms. The van der Waals surface area contributed by atoms with Gasteiger partial charge in [0, 0.05) is 35.5 Å². The highest BCUT2D eigenvalue weighted by molar-refractivity contribution is 7.88. The van der Waals surface area contributed by atoms with Crippen molar-refractivity contribution in [3.05, 3.63) is 35.9 Å². The number of pyridine rings is 2. The van der Waals surface area contributed by atoms with E-state index >= 15 is 4.39 Å². The number of fused-ring (bicyclic) bond motifs is 2. The Morgan fingerprint density at radius 2 is 2.06 bits per heavy atom. The first-order chi connectivity index (χ1) is 16.6. The number of carbonyl (C=O) groups excluding carboxylic acids is 1. The minimum Gasteiger partial charge on any atom is -0.474 e. The van der Waals surface area contributed by atoms with Crippen molar-refractivity contribution in [2.75, 3.05) is 48.9 Å². The van der Waals surface area contributed by atoms with Crippen LogP contribution in [-0.4, -0.2) is 67.4 Å². The van der Waals surface area contributed by atoms with Gasteiger partial charge in [0.15, 0.2) is 5.82 Å². The van der Waals surface area contributed by atoms with E-state index in [-0.39, 0.29) is 30.2 Å². The molecule has 13 heteroatoms. The molecular formula is C22H23FN6O5S. The van der Waals surface area contributed by atoms with E-state index in [0.717, 1.165) is 11.8 Å². The van der Waals surface area contributed by atoms with Crippen molar-refractivity contribution in [2.45, 2.75) is 13.0 Å². The van der Waals surface area contributed by atoms with Crippen molar-refractivity contribution in [3.63, 3.8) is 0 Å². The summed E-state index contributed by atoms with van der Waals surface area (Å²) in [5.41, 5.74) is 8.31. The number of nitrogens with zero attached hydrogens (tertiary/aromatic N) is 3. The molecule has 1 amide bonds. The lowest BCUT2D eigenvalue weighted by Gasteiger charge is -2.36. The molecular weight excluding hydrogens is 479 g/mol. The lowest BCUT2D eigenvalue weighted by molar-refractivity contribution is 0.0349. The zero-order chi connectivity index (χ0) is 24.9. The zero-order valence-corrected chi connectivity index (χ0v) is 19.8. The SMILES string of the molecule is Cc1c(-c2cc3cc(NC(=O)OC4CN(S(C)(=O)=O)C4)ncc3c(N)c2F)cnc2c1NCCO2. The number of ether oxygens (including phenoxy) is 2. The summed E-state index contributed by atoms with van der Waals surface area (Å²) in [4.78, 5) is 20.7. The molecule has 0 saturated carbocycles. The Morgan fingerprint density at radius 1 is 1.29 bits per heavy atom. The monoisotopic (exact) mass is 502 g/mol. The van der Waals surface area contributed by atoms with Gasteiger partial charge in [-0.3, -0.25) is 5.32 Å². The lowest BCUT2D eigenvalue weighted by Crippen LogP contribution is -2.55. The number of nitrogens with two attached hydrogens (primary N) is 1. The van der Waals surface area contributed by atoms with Gasteiger partial charge in [0.2, 0.25) is 15.9 Å². The lowest BCUT2D eigenvalue weighted by atomic mass is 9.97. The third-order valence-electron chi connectivity index (χ3n) is 6.02. The Bertz CT molecular complexity index is 1460. The number of hydrogen-bond acceptors (Lipinski definition) is 9. The van der Waals surface area contributed by atoms with E-state index < -0.39 is 28.0 Å². The van der Waals surface area contributed by atoms with Crippen molar-refractivity contribution in [3.8, 4) is 17.0 Å². The van der Waals surface area contributed by atoms with Crippen LogP contribution in [0.1, 0.15) is 5.56 Å². The number of hydrogen-bond donors (Lipinski definition) is 3. The van der Waals surface area contributed by atoms with Gasteiger partial charge in [-0.25, -0.2) is 27.6 Å². The predicted molar refractivity (Wildman–Crippen MR) is 128 cm³/mol. The summed E-state index contributed by atoms with van der Waals surface area (Å²) in [7, 11) is -3.31. The van der Waals surface area contributed by atoms with Crippen LogP contribution in [0.3, 0.4) is 0 Å². The first-order valence-electron chi connectivity index (χ1n) is 10.8. The molecule has 2 aliphatic rings. The Balaban J connectivity index is 1.41. The number of nitrogen functional groups attached to an aromatic ring is 1. The molecule has 0 unspecified atom stereocenters. The van der Waals surface area contributed by atoms with Crippen LogP contribution >= 0.6 is 0 Å². The van der Waals surface area contributed by atoms with Crippen LogP contribution in [0, 0.1) is 12.7 Å². The Hall–Kier alpha value is -3.71. The second kappa shape index (κ2) is 8.50. The van der Waals surface area contributed by atoms with Crippen molar-refractivity contribution >= 4 is 44.1 Å². The highest BCUT2D eigenvalue weighted by atomic mass is 32.2. The summed E-state index contributed by atoms with van der Waals surface area (Å²) >= 11 is 0. The van der Waals surface area contributed by atoms with Crippen molar-refractivity contribution < 1.29 is 27.1 Å². The Labute approximate surface area is 200 Å². The van der Waals surface area contributed by atoms with Crippen molar-refractivity contribution in [1.29, 1.82) is 0 Å². The minimum absolute atomic E-state index is 0.0733. The number of amides is 1. The van der Waals surface area contributed by atoms with E-state index in [1.807, 2.05) is 6.92 Å². The molecule has 0 aliphatic carbocycles. The Morgan fingerprint density at radius 3 is 2.80 bits per heavy atom. The van der Waals surface area contributed by atoms with Gasteiger partial charge in [-0.05, 0) is 30.0 Å². The smallest absolute Gasteiger partial charge is 0.413 e. The number of nitrogens with one attached hydrogen (secondary N) is 2. The van der Waals surface area contributed by atoms with E-state index in [1.165, 1.54) is 10.5 Å². The minimum atomic E-state index is -3.31. The molecule has 184 valence electrons. The Kier molecular flexibility index (Phi) is 5.60. The average molecular weight is 503 g/mol. The molecule has 0 atom stereocenters.